The number of oxazole rings is 1. The molecule has 0 aliphatic heterocycles. The van der Waals surface area contributed by atoms with E-state index in [4.69, 9.17) is 13.5 Å². The number of nitrogens with zero attached hydrogens (tertiary/aromatic N) is 5. The van der Waals surface area contributed by atoms with Gasteiger partial charge < -0.3 is 18.4 Å². The van der Waals surface area contributed by atoms with Gasteiger partial charge in [-0.3, -0.25) is 0 Å². The molecule has 0 aliphatic rings. The maximum absolute atomic E-state index is 5.64. The minimum Gasteiger partial charge on any atom is -0.423 e. The molecule has 0 N–H and O–H groups in total. The Hall–Kier alpha value is -3.16. The molecule has 0 aliphatic carbocycles. The van der Waals surface area contributed by atoms with E-state index in [2.05, 4.69) is 20.3 Å². The van der Waals surface area contributed by atoms with Crippen molar-refractivity contribution in [2.24, 2.45) is 0 Å². The third kappa shape index (κ3) is 2.62. The average Bonchev–Trinajstić information content (AvgIpc) is 3.26. The number of aromatic nitrogens is 4. The molecule has 0 amide bonds. The molecule has 0 bridgehead atoms. The number of aryl methyl sites for hydroxylation is 1. The minimum absolute atomic E-state index is 0.432. The van der Waals surface area contributed by atoms with Crippen molar-refractivity contribution < 1.29 is 13.5 Å². The number of hydrogen-bond acceptors (Lipinski definition) is 8. The lowest BCUT2D eigenvalue weighted by atomic mass is 10.2. The van der Waals surface area contributed by atoms with Crippen LogP contribution in [0.4, 0.5) is 6.01 Å². The summed E-state index contributed by atoms with van der Waals surface area (Å²) in [6, 6.07) is 8.00. The fraction of sp³-hybridized carbons (Fsp3) is 0.250. The summed E-state index contributed by atoms with van der Waals surface area (Å²) in [5.41, 5.74) is 3.02. The highest BCUT2D eigenvalue weighted by Crippen LogP contribution is 2.25. The summed E-state index contributed by atoms with van der Waals surface area (Å²) in [6.07, 6.45) is 0.432. The van der Waals surface area contributed by atoms with E-state index in [-0.39, 0.29) is 0 Å². The molecule has 24 heavy (non-hydrogen) atoms. The van der Waals surface area contributed by atoms with Gasteiger partial charge in [-0.1, -0.05) is 10.3 Å². The molecule has 0 atom stereocenters. The third-order valence-corrected chi connectivity index (χ3v) is 3.49. The fourth-order valence-electron chi connectivity index (χ4n) is 2.35. The van der Waals surface area contributed by atoms with Crippen molar-refractivity contribution in [2.75, 3.05) is 19.0 Å². The van der Waals surface area contributed by atoms with Crippen LogP contribution in [0.15, 0.2) is 37.7 Å². The summed E-state index contributed by atoms with van der Waals surface area (Å²) in [5, 5.41) is 7.95. The summed E-state index contributed by atoms with van der Waals surface area (Å²) < 4.78 is 16.0. The molecule has 3 aromatic heterocycles. The van der Waals surface area contributed by atoms with Crippen molar-refractivity contribution in [2.45, 2.75) is 13.3 Å². The van der Waals surface area contributed by atoms with Crippen LogP contribution in [0.3, 0.4) is 0 Å². The lowest BCUT2D eigenvalue weighted by Crippen LogP contribution is -2.08. The molecule has 0 saturated heterocycles. The van der Waals surface area contributed by atoms with E-state index in [1.165, 1.54) is 0 Å². The van der Waals surface area contributed by atoms with Gasteiger partial charge >= 0.3 is 0 Å². The molecular formula is C16H15N5O3. The molecule has 0 unspecified atom stereocenters. The Bertz CT molecular complexity index is 998. The number of hydrogen-bond donors (Lipinski definition) is 0. The standard InChI is InChI=1S/C16H15N5O3/c1-9-6-11(19-23-9)8-14-18-15(20-24-14)10-4-5-13-12(7-10)17-16(22-13)21(2)3/h4-7H,8H2,1-3H3. The van der Waals surface area contributed by atoms with Crippen molar-refractivity contribution in [1.29, 1.82) is 0 Å². The quantitative estimate of drug-likeness (QED) is 0.565. The van der Waals surface area contributed by atoms with Gasteiger partial charge in [0.15, 0.2) is 5.58 Å². The topological polar surface area (TPSA) is 94.2 Å². The Morgan fingerprint density at radius 1 is 1.04 bits per heavy atom. The Labute approximate surface area is 137 Å². The zero-order valence-electron chi connectivity index (χ0n) is 13.5. The number of anilines is 1. The maximum Gasteiger partial charge on any atom is 0.297 e. The first-order chi connectivity index (χ1) is 11.6. The summed E-state index contributed by atoms with van der Waals surface area (Å²) in [6.45, 7) is 1.84. The predicted octanol–water partition coefficient (Wildman–Crippen LogP) is 2.83. The Kier molecular flexibility index (Phi) is 3.30. The normalized spacial score (nSPS) is 11.3. The highest BCUT2D eigenvalue weighted by atomic mass is 16.5. The smallest absolute Gasteiger partial charge is 0.297 e. The first-order valence-corrected chi connectivity index (χ1v) is 7.41. The van der Waals surface area contributed by atoms with E-state index < -0.39 is 0 Å². The van der Waals surface area contributed by atoms with Crippen molar-refractivity contribution in [1.82, 2.24) is 20.3 Å². The van der Waals surface area contributed by atoms with Gasteiger partial charge in [-0.25, -0.2) is 0 Å². The van der Waals surface area contributed by atoms with Crippen LogP contribution >= 0.6 is 0 Å². The van der Waals surface area contributed by atoms with Crippen LogP contribution < -0.4 is 4.90 Å². The van der Waals surface area contributed by atoms with Crippen LogP contribution in [0.2, 0.25) is 0 Å². The van der Waals surface area contributed by atoms with Gasteiger partial charge in [-0.15, -0.1) is 0 Å². The molecule has 4 rings (SSSR count). The monoisotopic (exact) mass is 325 g/mol. The summed E-state index contributed by atoms with van der Waals surface area (Å²) >= 11 is 0. The molecule has 8 heteroatoms. The maximum atomic E-state index is 5.64. The van der Waals surface area contributed by atoms with Gasteiger partial charge in [0.05, 0.1) is 12.1 Å². The molecule has 4 aromatic rings. The van der Waals surface area contributed by atoms with Crippen LogP contribution in [-0.2, 0) is 6.42 Å². The van der Waals surface area contributed by atoms with Gasteiger partial charge in [-0.2, -0.15) is 9.97 Å². The molecule has 3 heterocycles. The lowest BCUT2D eigenvalue weighted by Gasteiger charge is -2.03. The Balaban J connectivity index is 1.62. The molecule has 0 spiro atoms. The lowest BCUT2D eigenvalue weighted by molar-refractivity contribution is 0.371. The van der Waals surface area contributed by atoms with Gasteiger partial charge in [0.1, 0.15) is 11.3 Å². The molecular weight excluding hydrogens is 310 g/mol. The van der Waals surface area contributed by atoms with Crippen LogP contribution in [0.25, 0.3) is 22.5 Å². The highest BCUT2D eigenvalue weighted by Gasteiger charge is 2.14. The SMILES string of the molecule is Cc1cc(Cc2nc(-c3ccc4oc(N(C)C)nc4c3)no2)no1. The summed E-state index contributed by atoms with van der Waals surface area (Å²) in [7, 11) is 3.76. The predicted molar refractivity (Wildman–Crippen MR) is 85.7 cm³/mol. The second-order valence-corrected chi connectivity index (χ2v) is 5.69. The number of fused-ring (bicyclic) bond motifs is 1. The van der Waals surface area contributed by atoms with Crippen LogP contribution in [0.1, 0.15) is 17.3 Å². The molecule has 0 saturated carbocycles. The second-order valence-electron chi connectivity index (χ2n) is 5.69. The number of benzene rings is 1. The van der Waals surface area contributed by atoms with Crippen LogP contribution in [0.5, 0.6) is 0 Å². The molecule has 0 fully saturated rings. The van der Waals surface area contributed by atoms with E-state index in [0.29, 0.717) is 29.7 Å². The van der Waals surface area contributed by atoms with Crippen LogP contribution in [0, 0.1) is 6.92 Å². The van der Waals surface area contributed by atoms with E-state index in [1.807, 2.05) is 50.2 Å². The van der Waals surface area contributed by atoms with Crippen LogP contribution in [-0.4, -0.2) is 34.4 Å². The molecule has 1 aromatic carbocycles. The van der Waals surface area contributed by atoms with Crippen molar-refractivity contribution >= 4 is 17.1 Å². The second kappa shape index (κ2) is 5.48. The third-order valence-electron chi connectivity index (χ3n) is 3.49. The Morgan fingerprint density at radius 2 is 1.92 bits per heavy atom. The average molecular weight is 325 g/mol. The zero-order valence-corrected chi connectivity index (χ0v) is 13.5. The summed E-state index contributed by atoms with van der Waals surface area (Å²) in [5.74, 6) is 1.73. The van der Waals surface area contributed by atoms with E-state index in [1.54, 1.807) is 0 Å². The van der Waals surface area contributed by atoms with Gasteiger partial charge in [0.25, 0.3) is 6.01 Å². The highest BCUT2D eigenvalue weighted by molar-refractivity contribution is 5.80. The number of rotatable bonds is 4. The van der Waals surface area contributed by atoms with Gasteiger partial charge in [0, 0.05) is 25.7 Å². The van der Waals surface area contributed by atoms with Crippen molar-refractivity contribution in [3.8, 4) is 11.4 Å². The first-order valence-electron chi connectivity index (χ1n) is 7.41. The fourth-order valence-corrected chi connectivity index (χ4v) is 2.35. The van der Waals surface area contributed by atoms with E-state index >= 15 is 0 Å². The molecule has 0 radical (unpaired) electrons. The largest absolute Gasteiger partial charge is 0.423 e. The Morgan fingerprint density at radius 3 is 2.67 bits per heavy atom. The van der Waals surface area contributed by atoms with E-state index in [9.17, 15) is 0 Å². The van der Waals surface area contributed by atoms with Gasteiger partial charge in [0.2, 0.25) is 11.7 Å². The first kappa shape index (κ1) is 14.4. The van der Waals surface area contributed by atoms with Crippen molar-refractivity contribution in [3.05, 3.63) is 41.6 Å². The molecule has 8 nitrogen and oxygen atoms in total. The zero-order chi connectivity index (χ0) is 16.7. The van der Waals surface area contributed by atoms with Gasteiger partial charge in [-0.05, 0) is 25.1 Å². The minimum atomic E-state index is 0.432. The molecule has 122 valence electrons. The van der Waals surface area contributed by atoms with Crippen molar-refractivity contribution in [3.63, 3.8) is 0 Å². The summed E-state index contributed by atoms with van der Waals surface area (Å²) in [4.78, 5) is 10.6. The van der Waals surface area contributed by atoms with E-state index in [0.717, 1.165) is 22.5 Å².